The summed E-state index contributed by atoms with van der Waals surface area (Å²) in [7, 11) is 0. The molecule has 4 aliphatic carbocycles. The van der Waals surface area contributed by atoms with Crippen LogP contribution in [0.1, 0.15) is 123 Å². The third-order valence-corrected chi connectivity index (χ3v) is 9.79. The molecule has 0 aliphatic heterocycles. The Hall–Kier alpha value is -0.330. The third kappa shape index (κ3) is 3.78. The Morgan fingerprint density at radius 3 is 1.81 bits per heavy atom. The van der Waals surface area contributed by atoms with Gasteiger partial charge >= 0.3 is 0 Å². The first-order valence-corrected chi connectivity index (χ1v) is 12.7. The maximum absolute atomic E-state index is 13.3. The Kier molecular flexibility index (Phi) is 6.06. The van der Waals surface area contributed by atoms with Crippen LogP contribution in [-0.4, -0.2) is 5.78 Å². The van der Waals surface area contributed by atoms with Crippen LogP contribution in [0.5, 0.6) is 0 Å². The van der Waals surface area contributed by atoms with E-state index in [4.69, 9.17) is 0 Å². The Bertz CT molecular complexity index is 496. The van der Waals surface area contributed by atoms with Gasteiger partial charge in [-0.15, -0.1) is 0 Å². The standard InChI is InChI=1S/C26H44O/c1-3-5-6-21-7-9-22(10-8-21)23-13-17-26(18-14-23)19-25(24(26)27)15-11-20(4-2)12-16-25/h20-23H,3-19H2,1-2H3. The van der Waals surface area contributed by atoms with Gasteiger partial charge in [0.1, 0.15) is 5.78 Å². The van der Waals surface area contributed by atoms with E-state index < -0.39 is 0 Å². The average molecular weight is 373 g/mol. The molecule has 4 saturated carbocycles. The van der Waals surface area contributed by atoms with Crippen LogP contribution in [0.3, 0.4) is 0 Å². The van der Waals surface area contributed by atoms with Crippen molar-refractivity contribution in [2.45, 2.75) is 123 Å². The van der Waals surface area contributed by atoms with E-state index in [1.54, 1.807) is 0 Å². The van der Waals surface area contributed by atoms with E-state index in [0.29, 0.717) is 0 Å². The molecule has 4 rings (SSSR count). The highest BCUT2D eigenvalue weighted by Crippen LogP contribution is 2.64. The van der Waals surface area contributed by atoms with Crippen molar-refractivity contribution < 1.29 is 4.79 Å². The molecule has 4 fully saturated rings. The predicted molar refractivity (Wildman–Crippen MR) is 114 cm³/mol. The molecule has 2 spiro atoms. The van der Waals surface area contributed by atoms with Gasteiger partial charge in [0, 0.05) is 10.8 Å². The quantitative estimate of drug-likeness (QED) is 0.483. The Morgan fingerprint density at radius 2 is 1.30 bits per heavy atom. The van der Waals surface area contributed by atoms with Crippen LogP contribution >= 0.6 is 0 Å². The molecule has 4 aliphatic rings. The van der Waals surface area contributed by atoms with Gasteiger partial charge in [0.25, 0.3) is 0 Å². The molecule has 0 heterocycles. The summed E-state index contributed by atoms with van der Waals surface area (Å²) in [5, 5.41) is 0. The number of hydrogen-bond donors (Lipinski definition) is 0. The Labute approximate surface area is 168 Å². The van der Waals surface area contributed by atoms with Crippen LogP contribution in [0.2, 0.25) is 0 Å². The maximum atomic E-state index is 13.3. The molecular weight excluding hydrogens is 328 g/mol. The number of rotatable bonds is 5. The molecule has 0 bridgehead atoms. The molecule has 0 aromatic rings. The van der Waals surface area contributed by atoms with Gasteiger partial charge in [-0.25, -0.2) is 0 Å². The highest BCUT2D eigenvalue weighted by molar-refractivity contribution is 5.96. The Balaban J connectivity index is 1.24. The van der Waals surface area contributed by atoms with Crippen molar-refractivity contribution in [3.63, 3.8) is 0 Å². The zero-order chi connectivity index (χ0) is 18.9. The van der Waals surface area contributed by atoms with Gasteiger partial charge in [-0.1, -0.05) is 52.4 Å². The lowest BCUT2D eigenvalue weighted by Gasteiger charge is -2.59. The second-order valence-electron chi connectivity index (χ2n) is 11.2. The molecule has 0 aromatic carbocycles. The molecule has 0 aromatic heterocycles. The van der Waals surface area contributed by atoms with Crippen molar-refractivity contribution in [1.82, 2.24) is 0 Å². The van der Waals surface area contributed by atoms with E-state index in [1.807, 2.05) is 0 Å². The van der Waals surface area contributed by atoms with Gasteiger partial charge in [-0.2, -0.15) is 0 Å². The van der Waals surface area contributed by atoms with Gasteiger partial charge in [0.15, 0.2) is 0 Å². The SMILES string of the molecule is CCCCC1CCC(C2CCC3(CC2)CC2(CCC(CC)CC2)C3=O)CC1. The summed E-state index contributed by atoms with van der Waals surface area (Å²) in [5.74, 6) is 4.60. The number of Topliss-reactive ketones (excluding diaryl/α,β-unsaturated/α-hetero) is 1. The zero-order valence-corrected chi connectivity index (χ0v) is 18.2. The third-order valence-electron chi connectivity index (χ3n) is 9.79. The molecular formula is C26H44O. The van der Waals surface area contributed by atoms with Crippen LogP contribution in [0, 0.1) is 34.5 Å². The van der Waals surface area contributed by atoms with Crippen molar-refractivity contribution in [3.05, 3.63) is 0 Å². The largest absolute Gasteiger partial charge is 0.298 e. The number of carbonyl (C=O) groups excluding carboxylic acids is 1. The second kappa shape index (κ2) is 8.19. The number of carbonyl (C=O) groups is 1. The normalized spacial score (nSPS) is 45.2. The fourth-order valence-corrected chi connectivity index (χ4v) is 7.82. The van der Waals surface area contributed by atoms with Gasteiger partial charge in [0.2, 0.25) is 0 Å². The number of ketones is 1. The first-order chi connectivity index (χ1) is 13.1. The summed E-state index contributed by atoms with van der Waals surface area (Å²) in [6.07, 6.45) is 23.1. The molecule has 27 heavy (non-hydrogen) atoms. The summed E-state index contributed by atoms with van der Waals surface area (Å²) < 4.78 is 0. The first-order valence-electron chi connectivity index (χ1n) is 12.7. The van der Waals surface area contributed by atoms with Gasteiger partial charge in [0.05, 0.1) is 0 Å². The monoisotopic (exact) mass is 372 g/mol. The van der Waals surface area contributed by atoms with Gasteiger partial charge in [-0.3, -0.25) is 4.79 Å². The minimum Gasteiger partial charge on any atom is -0.298 e. The minimum absolute atomic E-state index is 0.147. The second-order valence-corrected chi connectivity index (χ2v) is 11.2. The molecule has 1 heteroatoms. The van der Waals surface area contributed by atoms with Crippen LogP contribution in [0.4, 0.5) is 0 Å². The summed E-state index contributed by atoms with van der Waals surface area (Å²) >= 11 is 0. The van der Waals surface area contributed by atoms with Crippen LogP contribution < -0.4 is 0 Å². The molecule has 0 radical (unpaired) electrons. The van der Waals surface area contributed by atoms with Gasteiger partial charge < -0.3 is 0 Å². The summed E-state index contributed by atoms with van der Waals surface area (Å²) in [4.78, 5) is 13.3. The van der Waals surface area contributed by atoms with E-state index in [9.17, 15) is 4.79 Å². The van der Waals surface area contributed by atoms with Crippen molar-refractivity contribution in [2.24, 2.45) is 34.5 Å². The summed E-state index contributed by atoms with van der Waals surface area (Å²) in [5.41, 5.74) is 0.295. The molecule has 1 nitrogen and oxygen atoms in total. The molecule has 0 saturated heterocycles. The lowest BCUT2D eigenvalue weighted by atomic mass is 9.43. The number of hydrogen-bond acceptors (Lipinski definition) is 1. The lowest BCUT2D eigenvalue weighted by molar-refractivity contribution is -0.169. The van der Waals surface area contributed by atoms with Crippen LogP contribution in [-0.2, 0) is 4.79 Å². The van der Waals surface area contributed by atoms with E-state index in [0.717, 1.165) is 29.5 Å². The summed E-state index contributed by atoms with van der Waals surface area (Å²) in [6, 6.07) is 0. The zero-order valence-electron chi connectivity index (χ0n) is 18.2. The van der Waals surface area contributed by atoms with E-state index >= 15 is 0 Å². The Morgan fingerprint density at radius 1 is 0.741 bits per heavy atom. The fourth-order valence-electron chi connectivity index (χ4n) is 7.82. The van der Waals surface area contributed by atoms with Crippen molar-refractivity contribution in [3.8, 4) is 0 Å². The molecule has 0 N–H and O–H groups in total. The smallest absolute Gasteiger partial charge is 0.145 e. The fraction of sp³-hybridized carbons (Fsp3) is 0.962. The highest BCUT2D eigenvalue weighted by Gasteiger charge is 2.63. The predicted octanol–water partition coefficient (Wildman–Crippen LogP) is 7.72. The topological polar surface area (TPSA) is 17.1 Å². The van der Waals surface area contributed by atoms with Crippen molar-refractivity contribution in [1.29, 1.82) is 0 Å². The maximum Gasteiger partial charge on any atom is 0.145 e. The van der Waals surface area contributed by atoms with Crippen molar-refractivity contribution >= 4 is 5.78 Å². The average Bonchev–Trinajstić information content (AvgIpc) is 2.73. The van der Waals surface area contributed by atoms with E-state index in [1.165, 1.54) is 109 Å². The minimum atomic E-state index is 0.147. The first kappa shape index (κ1) is 20.0. The molecule has 0 atom stereocenters. The van der Waals surface area contributed by atoms with Crippen LogP contribution in [0.25, 0.3) is 0 Å². The lowest BCUT2D eigenvalue weighted by Crippen LogP contribution is -2.59. The van der Waals surface area contributed by atoms with E-state index in [2.05, 4.69) is 13.8 Å². The highest BCUT2D eigenvalue weighted by atomic mass is 16.1. The molecule has 0 unspecified atom stereocenters. The molecule has 154 valence electrons. The van der Waals surface area contributed by atoms with E-state index in [-0.39, 0.29) is 10.8 Å². The van der Waals surface area contributed by atoms with Crippen molar-refractivity contribution in [2.75, 3.05) is 0 Å². The molecule has 0 amide bonds. The van der Waals surface area contributed by atoms with Crippen LogP contribution in [0.15, 0.2) is 0 Å². The van der Waals surface area contributed by atoms with Gasteiger partial charge in [-0.05, 0) is 94.3 Å². The summed E-state index contributed by atoms with van der Waals surface area (Å²) in [6.45, 7) is 4.65. The number of unbranched alkanes of at least 4 members (excludes halogenated alkanes) is 1.